The van der Waals surface area contributed by atoms with Gasteiger partial charge in [0.2, 0.25) is 0 Å². The fourth-order valence-corrected chi connectivity index (χ4v) is 8.95. The predicted octanol–water partition coefficient (Wildman–Crippen LogP) is 9.75. The zero-order valence-corrected chi connectivity index (χ0v) is 33.2. The lowest BCUT2D eigenvalue weighted by Gasteiger charge is -2.14. The quantitative estimate of drug-likeness (QED) is 0.0869. The topological polar surface area (TPSA) is 126 Å². The van der Waals surface area contributed by atoms with E-state index in [0.29, 0.717) is 22.5 Å². The van der Waals surface area contributed by atoms with Gasteiger partial charge in [-0.15, -0.1) is 15.3 Å². The Morgan fingerprint density at radius 2 is 0.789 bits per heavy atom. The number of alkyl halides is 9. The van der Waals surface area contributed by atoms with Gasteiger partial charge >= 0.3 is 18.5 Å². The molecular formula is C33H27ClF9N9O2S3. The maximum atomic E-state index is 12.9. The van der Waals surface area contributed by atoms with Crippen LogP contribution in [0, 0.1) is 41.5 Å². The highest BCUT2D eigenvalue weighted by atomic mass is 35.7. The van der Waals surface area contributed by atoms with E-state index in [2.05, 4.69) is 30.2 Å². The zero-order chi connectivity index (χ0) is 42.4. The highest BCUT2D eigenvalue weighted by molar-refractivity contribution is 8.76. The van der Waals surface area contributed by atoms with Crippen molar-refractivity contribution in [3.63, 3.8) is 0 Å². The average molecular weight is 884 g/mol. The molecule has 0 fully saturated rings. The molecule has 0 aliphatic rings. The number of nitrogens with zero attached hydrogens (tertiary/aromatic N) is 9. The fourth-order valence-electron chi connectivity index (χ4n) is 5.26. The lowest BCUT2D eigenvalue weighted by molar-refractivity contribution is -0.145. The molecule has 11 nitrogen and oxygen atoms in total. The molecule has 0 unspecified atom stereocenters. The van der Waals surface area contributed by atoms with Crippen LogP contribution in [-0.2, 0) is 27.6 Å². The maximum absolute atomic E-state index is 12.9. The molecule has 0 saturated heterocycles. The summed E-state index contributed by atoms with van der Waals surface area (Å²) >= 11 is 0. The molecule has 6 aromatic rings. The van der Waals surface area contributed by atoms with Crippen molar-refractivity contribution in [1.82, 2.24) is 44.3 Å². The predicted molar refractivity (Wildman–Crippen MR) is 192 cm³/mol. The minimum Gasteiger partial charge on any atom is -0.220 e. The Balaban J connectivity index is 0.000000251. The molecule has 24 heteroatoms. The van der Waals surface area contributed by atoms with E-state index in [0.717, 1.165) is 65.1 Å². The van der Waals surface area contributed by atoms with Gasteiger partial charge in [-0.3, -0.25) is 0 Å². The number of aryl methyl sites for hydroxylation is 6. The molecule has 0 spiro atoms. The molecule has 0 atom stereocenters. The average Bonchev–Trinajstić information content (AvgIpc) is 3.86. The summed E-state index contributed by atoms with van der Waals surface area (Å²) in [5.41, 5.74) is 5.25. The first-order valence-corrected chi connectivity index (χ1v) is 20.3. The monoisotopic (exact) mass is 883 g/mol. The molecule has 304 valence electrons. The Morgan fingerprint density at radius 3 is 1.07 bits per heavy atom. The van der Waals surface area contributed by atoms with Gasteiger partial charge in [-0.05, 0) is 93.1 Å². The molecule has 3 aromatic heterocycles. The van der Waals surface area contributed by atoms with Gasteiger partial charge in [-0.2, -0.15) is 39.5 Å². The van der Waals surface area contributed by atoms with Crippen LogP contribution in [-0.4, -0.2) is 52.7 Å². The Morgan fingerprint density at radius 1 is 0.491 bits per heavy atom. The molecule has 3 aromatic carbocycles. The highest BCUT2D eigenvalue weighted by Gasteiger charge is 2.38. The Kier molecular flexibility index (Phi) is 12.2. The molecule has 0 aliphatic heterocycles. The summed E-state index contributed by atoms with van der Waals surface area (Å²) in [4.78, 5) is 11.3. The van der Waals surface area contributed by atoms with Crippen LogP contribution in [0.1, 0.15) is 50.9 Å². The van der Waals surface area contributed by atoms with Gasteiger partial charge in [-0.1, -0.05) is 39.8 Å². The molecule has 0 N–H and O–H groups in total. The fraction of sp³-hybridized carbons (Fsp3) is 0.273. The van der Waals surface area contributed by atoms with Crippen molar-refractivity contribution in [2.24, 2.45) is 0 Å². The second-order valence-electron chi connectivity index (χ2n) is 12.3. The summed E-state index contributed by atoms with van der Waals surface area (Å²) in [6, 6.07) is 9.81. The van der Waals surface area contributed by atoms with Crippen LogP contribution in [0.4, 0.5) is 39.5 Å². The number of benzene rings is 3. The van der Waals surface area contributed by atoms with E-state index in [1.54, 1.807) is 32.9 Å². The standard InChI is InChI=1S/C22H18F6N6S2.C11H9ClF3N3O2S/c1-11-5-13(3)17(7-15(11)33-9-29-19(31-33)21(23,24)25)35-36-18-8-16(12(2)6-14(18)4)34-10-30-20(32-34)22(26,27)28;1-6-3-7(2)9(21(12,19)20)4-8(6)18-5-16-10(17-18)11(13,14)15/h5-10H,1-4H3;3-5H,1-2H3. The van der Waals surface area contributed by atoms with Crippen LogP contribution in [0.2, 0.25) is 0 Å². The number of hydrogen-bond acceptors (Lipinski definition) is 10. The lowest BCUT2D eigenvalue weighted by Crippen LogP contribution is -2.09. The molecule has 0 saturated carbocycles. The molecule has 3 heterocycles. The van der Waals surface area contributed by atoms with Gasteiger partial charge in [0.25, 0.3) is 26.5 Å². The Labute approximate surface area is 330 Å². The van der Waals surface area contributed by atoms with E-state index >= 15 is 0 Å². The first-order valence-electron chi connectivity index (χ1n) is 15.8. The van der Waals surface area contributed by atoms with Gasteiger partial charge in [0, 0.05) is 20.5 Å². The first-order chi connectivity index (χ1) is 26.2. The molecular weight excluding hydrogens is 857 g/mol. The number of rotatable bonds is 7. The van der Waals surface area contributed by atoms with Crippen LogP contribution in [0.15, 0.2) is 70.1 Å². The van der Waals surface area contributed by atoms with E-state index in [1.165, 1.54) is 40.6 Å². The molecule has 57 heavy (non-hydrogen) atoms. The Hall–Kier alpha value is -4.61. The van der Waals surface area contributed by atoms with Crippen LogP contribution < -0.4 is 0 Å². The largest absolute Gasteiger partial charge is 0.453 e. The van der Waals surface area contributed by atoms with Crippen molar-refractivity contribution < 1.29 is 47.9 Å². The normalized spacial score (nSPS) is 12.5. The van der Waals surface area contributed by atoms with E-state index in [9.17, 15) is 47.9 Å². The third-order valence-electron chi connectivity index (χ3n) is 7.94. The molecule has 0 aliphatic carbocycles. The van der Waals surface area contributed by atoms with Crippen LogP contribution in [0.5, 0.6) is 0 Å². The van der Waals surface area contributed by atoms with Gasteiger partial charge in [-0.25, -0.2) is 37.4 Å². The van der Waals surface area contributed by atoms with E-state index in [4.69, 9.17) is 10.7 Å². The van der Waals surface area contributed by atoms with E-state index in [1.807, 2.05) is 26.0 Å². The van der Waals surface area contributed by atoms with Gasteiger partial charge in [0.15, 0.2) is 0 Å². The van der Waals surface area contributed by atoms with Crippen molar-refractivity contribution in [2.75, 3.05) is 0 Å². The van der Waals surface area contributed by atoms with Crippen molar-refractivity contribution in [2.45, 2.75) is 74.8 Å². The number of halogens is 10. The second kappa shape index (κ2) is 16.0. The first kappa shape index (κ1) is 43.5. The van der Waals surface area contributed by atoms with Crippen molar-refractivity contribution >= 4 is 41.3 Å². The third-order valence-corrected chi connectivity index (χ3v) is 12.1. The maximum Gasteiger partial charge on any atom is 0.453 e. The minimum absolute atomic E-state index is 0.155. The molecule has 0 bridgehead atoms. The SMILES string of the molecule is Cc1cc(C)c(-n2cnc(C(F)(F)F)n2)cc1SSc1cc(-n2cnc(C(F)(F)F)n2)c(C)cc1C.Cc1cc(C)c(S(=O)(=O)Cl)cc1-n1cnc(C(F)(F)F)n1. The van der Waals surface area contributed by atoms with E-state index in [-0.39, 0.29) is 10.6 Å². The van der Waals surface area contributed by atoms with Crippen LogP contribution >= 0.6 is 32.3 Å². The second-order valence-corrected chi connectivity index (χ2v) is 17.1. The number of hydrogen-bond donors (Lipinski definition) is 0. The summed E-state index contributed by atoms with van der Waals surface area (Å²) in [5.74, 6) is -3.76. The third kappa shape index (κ3) is 10.1. The van der Waals surface area contributed by atoms with Crippen LogP contribution in [0.3, 0.4) is 0 Å². The van der Waals surface area contributed by atoms with Crippen LogP contribution in [0.25, 0.3) is 17.1 Å². The summed E-state index contributed by atoms with van der Waals surface area (Å²) in [6.45, 7) is 10.4. The van der Waals surface area contributed by atoms with Gasteiger partial charge < -0.3 is 0 Å². The van der Waals surface area contributed by atoms with Crippen molar-refractivity contribution in [3.05, 3.63) is 106 Å². The summed E-state index contributed by atoms with van der Waals surface area (Å²) in [7, 11) is 4.03. The summed E-state index contributed by atoms with van der Waals surface area (Å²) in [5, 5.41) is 10.4. The number of aromatic nitrogens is 9. The van der Waals surface area contributed by atoms with Gasteiger partial charge in [0.1, 0.15) is 19.0 Å². The Bertz CT molecular complexity index is 2460. The van der Waals surface area contributed by atoms with Gasteiger partial charge in [0.05, 0.1) is 22.0 Å². The van der Waals surface area contributed by atoms with Crippen molar-refractivity contribution in [3.8, 4) is 17.1 Å². The molecule has 0 radical (unpaired) electrons. The highest BCUT2D eigenvalue weighted by Crippen LogP contribution is 2.43. The van der Waals surface area contributed by atoms with Crippen molar-refractivity contribution in [1.29, 1.82) is 0 Å². The smallest absolute Gasteiger partial charge is 0.220 e. The summed E-state index contributed by atoms with van der Waals surface area (Å²) in [6.07, 6.45) is -11.1. The minimum atomic E-state index is -4.68. The van der Waals surface area contributed by atoms with E-state index < -0.39 is 45.1 Å². The molecule has 6 rings (SSSR count). The molecule has 0 amide bonds. The zero-order valence-electron chi connectivity index (χ0n) is 30.0. The summed E-state index contributed by atoms with van der Waals surface area (Å²) < 4.78 is 141. The lowest BCUT2D eigenvalue weighted by atomic mass is 10.1.